The smallest absolute Gasteiger partial charge is 0.253 e. The third-order valence-corrected chi connectivity index (χ3v) is 3.90. The highest BCUT2D eigenvalue weighted by Crippen LogP contribution is 2.31. The molecule has 1 atom stereocenters. The van der Waals surface area contributed by atoms with E-state index in [1.807, 2.05) is 39.0 Å². The second kappa shape index (κ2) is 8.72. The van der Waals surface area contributed by atoms with Gasteiger partial charge in [-0.2, -0.15) is 0 Å². The average molecular weight is 366 g/mol. The van der Waals surface area contributed by atoms with Crippen molar-refractivity contribution in [1.82, 2.24) is 5.32 Å². The summed E-state index contributed by atoms with van der Waals surface area (Å²) in [7, 11) is 0. The second-order valence-electron chi connectivity index (χ2n) is 5.39. The maximum atomic E-state index is 13.1. The van der Waals surface area contributed by atoms with E-state index in [-0.39, 0.29) is 22.5 Å². The van der Waals surface area contributed by atoms with Gasteiger partial charge in [0.15, 0.2) is 11.5 Å². The zero-order chi connectivity index (χ0) is 18.4. The number of ether oxygens (including phenoxy) is 2. The Labute approximate surface area is 151 Å². The van der Waals surface area contributed by atoms with Crippen LogP contribution in [0.4, 0.5) is 4.39 Å². The first-order chi connectivity index (χ1) is 12.0. The van der Waals surface area contributed by atoms with Gasteiger partial charge in [0, 0.05) is 0 Å². The first kappa shape index (κ1) is 19.1. The molecule has 1 unspecified atom stereocenters. The van der Waals surface area contributed by atoms with Crippen molar-refractivity contribution < 1.29 is 18.7 Å². The molecule has 0 heterocycles. The van der Waals surface area contributed by atoms with Crippen molar-refractivity contribution >= 4 is 17.5 Å². The van der Waals surface area contributed by atoms with Gasteiger partial charge in [0.25, 0.3) is 5.91 Å². The van der Waals surface area contributed by atoms with Gasteiger partial charge in [0.05, 0.1) is 29.8 Å². The van der Waals surface area contributed by atoms with Gasteiger partial charge >= 0.3 is 0 Å². The molecule has 0 bridgehead atoms. The number of rotatable bonds is 7. The van der Waals surface area contributed by atoms with Crippen molar-refractivity contribution in [2.75, 3.05) is 13.2 Å². The fourth-order valence-corrected chi connectivity index (χ4v) is 2.62. The van der Waals surface area contributed by atoms with Crippen molar-refractivity contribution in [2.24, 2.45) is 0 Å². The summed E-state index contributed by atoms with van der Waals surface area (Å²) in [4.78, 5) is 12.4. The van der Waals surface area contributed by atoms with Crippen LogP contribution in [0.15, 0.2) is 36.4 Å². The van der Waals surface area contributed by atoms with Crippen LogP contribution in [0, 0.1) is 5.82 Å². The Morgan fingerprint density at radius 3 is 2.44 bits per heavy atom. The lowest BCUT2D eigenvalue weighted by Crippen LogP contribution is -2.27. The van der Waals surface area contributed by atoms with Crippen LogP contribution in [0.1, 0.15) is 42.7 Å². The number of halogens is 2. The minimum atomic E-state index is -0.484. The van der Waals surface area contributed by atoms with Crippen molar-refractivity contribution in [3.63, 3.8) is 0 Å². The zero-order valence-corrected chi connectivity index (χ0v) is 15.2. The number of benzene rings is 2. The molecular weight excluding hydrogens is 345 g/mol. The quantitative estimate of drug-likeness (QED) is 0.769. The molecule has 0 saturated carbocycles. The molecule has 2 rings (SSSR count). The first-order valence-electron chi connectivity index (χ1n) is 8.11. The van der Waals surface area contributed by atoms with Crippen LogP contribution in [0.3, 0.4) is 0 Å². The summed E-state index contributed by atoms with van der Waals surface area (Å²) in [5.74, 6) is 0.433. The van der Waals surface area contributed by atoms with Crippen LogP contribution in [0.25, 0.3) is 0 Å². The van der Waals surface area contributed by atoms with Gasteiger partial charge in [-0.15, -0.1) is 0 Å². The maximum Gasteiger partial charge on any atom is 0.253 e. The number of nitrogens with one attached hydrogen (secondary N) is 1. The van der Waals surface area contributed by atoms with Gasteiger partial charge in [0.1, 0.15) is 5.82 Å². The molecule has 0 spiro atoms. The molecule has 1 N–H and O–H groups in total. The van der Waals surface area contributed by atoms with E-state index in [0.717, 1.165) is 11.6 Å². The Kier molecular flexibility index (Phi) is 6.65. The van der Waals surface area contributed by atoms with Crippen molar-refractivity contribution in [2.45, 2.75) is 26.8 Å². The van der Waals surface area contributed by atoms with Crippen LogP contribution in [-0.2, 0) is 0 Å². The molecule has 2 aromatic carbocycles. The Morgan fingerprint density at radius 1 is 1.12 bits per heavy atom. The molecule has 25 heavy (non-hydrogen) atoms. The van der Waals surface area contributed by atoms with Gasteiger partial charge < -0.3 is 14.8 Å². The third kappa shape index (κ3) is 4.86. The summed E-state index contributed by atoms with van der Waals surface area (Å²) in [6.45, 7) is 6.69. The fraction of sp³-hybridized carbons (Fsp3) is 0.316. The predicted octanol–water partition coefficient (Wildman–Crippen LogP) is 4.77. The molecule has 6 heteroatoms. The molecule has 1 amide bonds. The molecule has 0 fully saturated rings. The van der Waals surface area contributed by atoms with Crippen molar-refractivity contribution in [3.8, 4) is 11.5 Å². The molecule has 0 aliphatic rings. The summed E-state index contributed by atoms with van der Waals surface area (Å²) < 4.78 is 24.3. The molecule has 0 aromatic heterocycles. The maximum absolute atomic E-state index is 13.1. The minimum Gasteiger partial charge on any atom is -0.490 e. The number of hydrogen-bond donors (Lipinski definition) is 1. The minimum absolute atomic E-state index is 0.0754. The second-order valence-corrected chi connectivity index (χ2v) is 5.80. The number of carbonyl (C=O) groups is 1. The Hall–Kier alpha value is -2.27. The average Bonchev–Trinajstić information content (AvgIpc) is 2.56. The number of hydrogen-bond acceptors (Lipinski definition) is 3. The summed E-state index contributed by atoms with van der Waals surface area (Å²) in [6.07, 6.45) is 0. The lowest BCUT2D eigenvalue weighted by Gasteiger charge is -2.18. The Morgan fingerprint density at radius 2 is 1.80 bits per heavy atom. The Balaban J connectivity index is 2.18. The summed E-state index contributed by atoms with van der Waals surface area (Å²) in [5.41, 5.74) is 1.09. The molecule has 0 saturated heterocycles. The lowest BCUT2D eigenvalue weighted by atomic mass is 10.1. The van der Waals surface area contributed by atoms with E-state index in [0.29, 0.717) is 24.7 Å². The fourth-order valence-electron chi connectivity index (χ4n) is 2.37. The highest BCUT2D eigenvalue weighted by Gasteiger charge is 2.16. The van der Waals surface area contributed by atoms with Gasteiger partial charge in [-0.25, -0.2) is 4.39 Å². The summed E-state index contributed by atoms with van der Waals surface area (Å²) >= 11 is 5.94. The molecule has 134 valence electrons. The molecular formula is C19H21ClFNO3. The van der Waals surface area contributed by atoms with Gasteiger partial charge in [-0.3, -0.25) is 4.79 Å². The van der Waals surface area contributed by atoms with Crippen molar-refractivity contribution in [1.29, 1.82) is 0 Å². The highest BCUT2D eigenvalue weighted by atomic mass is 35.5. The SMILES string of the molecule is CCOc1ccc(C(C)NC(=O)c2ccc(F)cc2Cl)cc1OCC. The van der Waals surface area contributed by atoms with E-state index in [9.17, 15) is 9.18 Å². The standard InChI is InChI=1S/C19H21ClFNO3/c1-4-24-17-9-6-13(10-18(17)25-5-2)12(3)22-19(23)15-8-7-14(21)11-16(15)20/h6-12H,4-5H2,1-3H3,(H,22,23). The molecule has 0 aliphatic carbocycles. The van der Waals surface area contributed by atoms with E-state index in [2.05, 4.69) is 5.32 Å². The molecule has 0 radical (unpaired) electrons. The highest BCUT2D eigenvalue weighted by molar-refractivity contribution is 6.33. The van der Waals surface area contributed by atoms with Crippen LogP contribution in [-0.4, -0.2) is 19.1 Å². The first-order valence-corrected chi connectivity index (χ1v) is 8.49. The number of carbonyl (C=O) groups excluding carboxylic acids is 1. The van der Waals surface area contributed by atoms with E-state index in [1.54, 1.807) is 0 Å². The van der Waals surface area contributed by atoms with Gasteiger partial charge in [-0.05, 0) is 56.7 Å². The van der Waals surface area contributed by atoms with E-state index < -0.39 is 5.82 Å². The molecule has 2 aromatic rings. The lowest BCUT2D eigenvalue weighted by molar-refractivity contribution is 0.0940. The van der Waals surface area contributed by atoms with E-state index in [4.69, 9.17) is 21.1 Å². The zero-order valence-electron chi connectivity index (χ0n) is 14.4. The third-order valence-electron chi connectivity index (χ3n) is 3.59. The normalized spacial score (nSPS) is 11.7. The van der Waals surface area contributed by atoms with E-state index in [1.165, 1.54) is 12.1 Å². The van der Waals surface area contributed by atoms with Crippen LogP contribution in [0.5, 0.6) is 11.5 Å². The number of amides is 1. The van der Waals surface area contributed by atoms with Gasteiger partial charge in [-0.1, -0.05) is 17.7 Å². The van der Waals surface area contributed by atoms with Gasteiger partial charge in [0.2, 0.25) is 0 Å². The molecule has 0 aliphatic heterocycles. The van der Waals surface area contributed by atoms with E-state index >= 15 is 0 Å². The topological polar surface area (TPSA) is 47.6 Å². The van der Waals surface area contributed by atoms with Crippen LogP contribution >= 0.6 is 11.6 Å². The molecule has 4 nitrogen and oxygen atoms in total. The largest absolute Gasteiger partial charge is 0.490 e. The van der Waals surface area contributed by atoms with Crippen LogP contribution in [0.2, 0.25) is 5.02 Å². The predicted molar refractivity (Wildman–Crippen MR) is 96.1 cm³/mol. The summed E-state index contributed by atoms with van der Waals surface area (Å²) in [6, 6.07) is 8.92. The monoisotopic (exact) mass is 365 g/mol. The van der Waals surface area contributed by atoms with Crippen molar-refractivity contribution in [3.05, 3.63) is 58.4 Å². The van der Waals surface area contributed by atoms with Crippen LogP contribution < -0.4 is 14.8 Å². The summed E-state index contributed by atoms with van der Waals surface area (Å²) in [5, 5.41) is 2.93. The Bertz CT molecular complexity index is 751.